The molecule has 2 atom stereocenters. The Morgan fingerprint density at radius 3 is 3.05 bits per heavy atom. The number of hydrogen-bond acceptors (Lipinski definition) is 2. The monoisotopic (exact) mass is 282 g/mol. The maximum Gasteiger partial charge on any atom is 0.0936 e. The first kappa shape index (κ1) is 12.2. The minimum Gasteiger partial charge on any atom is -0.372 e. The molecule has 3 aliphatic rings. The third-order valence-corrected chi connectivity index (χ3v) is 5.48. The molecule has 2 aromatic rings. The second-order valence-corrected chi connectivity index (χ2v) is 6.89. The lowest BCUT2D eigenvalue weighted by Gasteiger charge is -2.39. The lowest BCUT2D eigenvalue weighted by Crippen LogP contribution is -2.41. The molecule has 1 saturated heterocycles. The molecule has 0 N–H and O–H groups in total. The van der Waals surface area contributed by atoms with Crippen molar-refractivity contribution in [1.82, 2.24) is 9.47 Å². The molecule has 5 rings (SSSR count). The number of ether oxygens (including phenoxy) is 1. The third kappa shape index (κ3) is 1.80. The topological polar surface area (TPSA) is 20.7 Å². The van der Waals surface area contributed by atoms with Gasteiger partial charge in [0, 0.05) is 36.2 Å². The standard InChI is InChI=1S/C18H22N2O/c1-12-5-6-16-15(9-12)14-3-2-4-17-18(14)20(16)8-7-19(17)10-13-11-21-13/h5-6,9,13,17H,2-4,7-8,10-11H2,1H3/t13-,17-/m1/s1. The van der Waals surface area contributed by atoms with Crippen LogP contribution in [0.4, 0.5) is 0 Å². The van der Waals surface area contributed by atoms with Gasteiger partial charge in [-0.15, -0.1) is 0 Å². The summed E-state index contributed by atoms with van der Waals surface area (Å²) in [6.07, 6.45) is 4.41. The highest BCUT2D eigenvalue weighted by Crippen LogP contribution is 2.43. The predicted octanol–water partition coefficient (Wildman–Crippen LogP) is 3.04. The van der Waals surface area contributed by atoms with Crippen LogP contribution in [0.25, 0.3) is 10.9 Å². The fraction of sp³-hybridized carbons (Fsp3) is 0.556. The van der Waals surface area contributed by atoms with Crippen molar-refractivity contribution in [2.75, 3.05) is 19.7 Å². The molecule has 1 aliphatic carbocycles. The number of benzene rings is 1. The molecule has 0 unspecified atom stereocenters. The van der Waals surface area contributed by atoms with Crippen LogP contribution >= 0.6 is 0 Å². The van der Waals surface area contributed by atoms with Crippen molar-refractivity contribution in [3.63, 3.8) is 0 Å². The first-order valence-electron chi connectivity index (χ1n) is 8.28. The molecule has 1 aromatic carbocycles. The van der Waals surface area contributed by atoms with Crippen molar-refractivity contribution < 1.29 is 4.74 Å². The van der Waals surface area contributed by atoms with Crippen LogP contribution < -0.4 is 0 Å². The molecule has 110 valence electrons. The Labute approximate surface area is 125 Å². The molecule has 0 bridgehead atoms. The quantitative estimate of drug-likeness (QED) is 0.789. The Morgan fingerprint density at radius 2 is 2.19 bits per heavy atom. The molecule has 1 aromatic heterocycles. The molecule has 3 heteroatoms. The molecule has 0 spiro atoms. The van der Waals surface area contributed by atoms with Gasteiger partial charge >= 0.3 is 0 Å². The summed E-state index contributed by atoms with van der Waals surface area (Å²) in [6, 6.07) is 7.61. The molecule has 2 aliphatic heterocycles. The first-order chi connectivity index (χ1) is 10.3. The number of hydrogen-bond donors (Lipinski definition) is 0. The highest BCUT2D eigenvalue weighted by Gasteiger charge is 2.37. The van der Waals surface area contributed by atoms with Crippen molar-refractivity contribution in [2.24, 2.45) is 0 Å². The zero-order valence-electron chi connectivity index (χ0n) is 12.6. The maximum atomic E-state index is 5.47. The summed E-state index contributed by atoms with van der Waals surface area (Å²) < 4.78 is 8.08. The lowest BCUT2D eigenvalue weighted by atomic mass is 9.89. The summed E-state index contributed by atoms with van der Waals surface area (Å²) in [6.45, 7) is 6.62. The van der Waals surface area contributed by atoms with Crippen LogP contribution in [-0.4, -0.2) is 35.3 Å². The summed E-state index contributed by atoms with van der Waals surface area (Å²) >= 11 is 0. The number of fused-ring (bicyclic) bond motifs is 3. The molecular weight excluding hydrogens is 260 g/mol. The van der Waals surface area contributed by atoms with Crippen LogP contribution in [0.3, 0.4) is 0 Å². The SMILES string of the molecule is Cc1ccc2c(c1)c1c3n2CCN(C[C@@H]2CO2)[C@@H]3CCC1. The maximum absolute atomic E-state index is 5.47. The molecule has 3 nitrogen and oxygen atoms in total. The molecule has 0 saturated carbocycles. The minimum absolute atomic E-state index is 0.508. The van der Waals surface area contributed by atoms with E-state index in [4.69, 9.17) is 4.74 Å². The molecular formula is C18H22N2O. The number of aromatic nitrogens is 1. The number of epoxide rings is 1. The first-order valence-corrected chi connectivity index (χ1v) is 8.28. The van der Waals surface area contributed by atoms with Crippen molar-refractivity contribution in [3.05, 3.63) is 35.0 Å². The van der Waals surface area contributed by atoms with Gasteiger partial charge < -0.3 is 9.30 Å². The van der Waals surface area contributed by atoms with Gasteiger partial charge in [-0.1, -0.05) is 11.6 Å². The van der Waals surface area contributed by atoms with Crippen LogP contribution in [0.5, 0.6) is 0 Å². The van der Waals surface area contributed by atoms with Crippen molar-refractivity contribution in [3.8, 4) is 0 Å². The Balaban J connectivity index is 1.67. The van der Waals surface area contributed by atoms with Crippen LogP contribution in [0.2, 0.25) is 0 Å². The van der Waals surface area contributed by atoms with Crippen molar-refractivity contribution in [1.29, 1.82) is 0 Å². The zero-order valence-corrected chi connectivity index (χ0v) is 12.6. The van der Waals surface area contributed by atoms with Crippen LogP contribution in [-0.2, 0) is 17.7 Å². The van der Waals surface area contributed by atoms with Crippen LogP contribution in [0.1, 0.15) is 35.7 Å². The summed E-state index contributed by atoms with van der Waals surface area (Å²) in [4.78, 5) is 2.68. The Bertz CT molecular complexity index is 714. The predicted molar refractivity (Wildman–Crippen MR) is 83.7 cm³/mol. The second kappa shape index (κ2) is 4.34. The van der Waals surface area contributed by atoms with E-state index in [-0.39, 0.29) is 0 Å². The molecule has 0 radical (unpaired) electrons. The van der Waals surface area contributed by atoms with E-state index < -0.39 is 0 Å². The summed E-state index contributed by atoms with van der Waals surface area (Å²) in [5.41, 5.74) is 6.09. The third-order valence-electron chi connectivity index (χ3n) is 5.48. The van der Waals surface area contributed by atoms with Gasteiger partial charge in [0.1, 0.15) is 0 Å². The zero-order chi connectivity index (χ0) is 14.0. The smallest absolute Gasteiger partial charge is 0.0936 e. The summed E-state index contributed by atoms with van der Waals surface area (Å²) in [7, 11) is 0. The van der Waals surface area contributed by atoms with Gasteiger partial charge in [0.2, 0.25) is 0 Å². The lowest BCUT2D eigenvalue weighted by molar-refractivity contribution is 0.130. The van der Waals surface area contributed by atoms with E-state index in [1.54, 1.807) is 11.3 Å². The second-order valence-electron chi connectivity index (χ2n) is 6.89. The van der Waals surface area contributed by atoms with Crippen LogP contribution in [0, 0.1) is 6.92 Å². The van der Waals surface area contributed by atoms with E-state index in [2.05, 4.69) is 34.6 Å². The van der Waals surface area contributed by atoms with E-state index in [9.17, 15) is 0 Å². The summed E-state index contributed by atoms with van der Waals surface area (Å²) in [5.74, 6) is 0. The van der Waals surface area contributed by atoms with Crippen molar-refractivity contribution in [2.45, 2.75) is 44.9 Å². The molecule has 1 fully saturated rings. The largest absolute Gasteiger partial charge is 0.372 e. The highest BCUT2D eigenvalue weighted by atomic mass is 16.6. The van der Waals surface area contributed by atoms with Gasteiger partial charge in [-0.3, -0.25) is 4.90 Å². The van der Waals surface area contributed by atoms with Gasteiger partial charge in [-0.05, 0) is 43.9 Å². The van der Waals surface area contributed by atoms with Gasteiger partial charge in [0.25, 0.3) is 0 Å². The average molecular weight is 282 g/mol. The molecule has 0 amide bonds. The van der Waals surface area contributed by atoms with Gasteiger partial charge in [0.05, 0.1) is 18.8 Å². The van der Waals surface area contributed by atoms with E-state index in [1.165, 1.54) is 42.3 Å². The number of rotatable bonds is 2. The highest BCUT2D eigenvalue weighted by molar-refractivity contribution is 5.87. The molecule has 3 heterocycles. The van der Waals surface area contributed by atoms with Crippen LogP contribution in [0.15, 0.2) is 18.2 Å². The normalized spacial score (nSPS) is 27.9. The average Bonchev–Trinajstić information content (AvgIpc) is 3.26. The Hall–Kier alpha value is -1.32. The van der Waals surface area contributed by atoms with Gasteiger partial charge in [0.15, 0.2) is 0 Å². The number of nitrogens with zero attached hydrogens (tertiary/aromatic N) is 2. The van der Waals surface area contributed by atoms with E-state index in [0.29, 0.717) is 12.1 Å². The fourth-order valence-electron chi connectivity index (χ4n) is 4.44. The Kier molecular flexibility index (Phi) is 2.53. The summed E-state index contributed by atoms with van der Waals surface area (Å²) in [5, 5.41) is 1.51. The Morgan fingerprint density at radius 1 is 1.29 bits per heavy atom. The fourth-order valence-corrected chi connectivity index (χ4v) is 4.44. The van der Waals surface area contributed by atoms with E-state index in [0.717, 1.165) is 19.7 Å². The number of aryl methyl sites for hydroxylation is 2. The van der Waals surface area contributed by atoms with Gasteiger partial charge in [-0.2, -0.15) is 0 Å². The minimum atomic E-state index is 0.508. The van der Waals surface area contributed by atoms with Crippen molar-refractivity contribution >= 4 is 10.9 Å². The molecule has 21 heavy (non-hydrogen) atoms. The van der Waals surface area contributed by atoms with E-state index in [1.807, 2.05) is 0 Å². The van der Waals surface area contributed by atoms with Gasteiger partial charge in [-0.25, -0.2) is 0 Å². The van der Waals surface area contributed by atoms with E-state index >= 15 is 0 Å².